The van der Waals surface area contributed by atoms with Crippen molar-refractivity contribution in [3.63, 3.8) is 0 Å². The van der Waals surface area contributed by atoms with Crippen molar-refractivity contribution in [2.45, 2.75) is 44.5 Å². The highest BCUT2D eigenvalue weighted by atomic mass is 16.6. The van der Waals surface area contributed by atoms with Gasteiger partial charge in [0.1, 0.15) is 18.3 Å². The average molecular weight is 298 g/mol. The first-order chi connectivity index (χ1) is 9.81. The van der Waals surface area contributed by atoms with E-state index in [9.17, 15) is 25.4 Å². The van der Waals surface area contributed by atoms with Gasteiger partial charge >= 0.3 is 0 Å². The summed E-state index contributed by atoms with van der Waals surface area (Å²) in [5.74, 6) is 0. The van der Waals surface area contributed by atoms with Crippen LogP contribution in [0.3, 0.4) is 0 Å². The number of non-ortho nitro benzene ring substituents is 1. The largest absolute Gasteiger partial charge is 0.388 e. The minimum Gasteiger partial charge on any atom is -0.388 e. The van der Waals surface area contributed by atoms with Crippen molar-refractivity contribution in [3.05, 3.63) is 33.9 Å². The van der Waals surface area contributed by atoms with Crippen LogP contribution < -0.4 is 5.32 Å². The molecule has 8 heteroatoms. The normalized spacial score (nSPS) is 32.7. The Balaban J connectivity index is 2.21. The van der Waals surface area contributed by atoms with Crippen molar-refractivity contribution in [2.24, 2.45) is 0 Å². The van der Waals surface area contributed by atoms with E-state index in [2.05, 4.69) is 5.32 Å². The van der Waals surface area contributed by atoms with Gasteiger partial charge in [-0.2, -0.15) is 0 Å². The fraction of sp³-hybridized carbons (Fsp3) is 0.538. The van der Waals surface area contributed by atoms with Gasteiger partial charge < -0.3 is 25.4 Å². The number of aliphatic hydroxyl groups excluding tert-OH is 3. The van der Waals surface area contributed by atoms with Crippen molar-refractivity contribution in [1.82, 2.24) is 0 Å². The van der Waals surface area contributed by atoms with E-state index >= 15 is 0 Å². The van der Waals surface area contributed by atoms with Crippen LogP contribution in [0.4, 0.5) is 11.4 Å². The summed E-state index contributed by atoms with van der Waals surface area (Å²) >= 11 is 0. The average Bonchev–Trinajstić information content (AvgIpc) is 2.44. The highest BCUT2D eigenvalue weighted by Gasteiger charge is 2.41. The van der Waals surface area contributed by atoms with Crippen LogP contribution in [0.2, 0.25) is 0 Å². The molecule has 4 N–H and O–H groups in total. The third kappa shape index (κ3) is 3.13. The van der Waals surface area contributed by atoms with Crippen molar-refractivity contribution >= 4 is 11.4 Å². The molecule has 1 heterocycles. The first kappa shape index (κ1) is 15.6. The number of benzene rings is 1. The molecule has 21 heavy (non-hydrogen) atoms. The molecule has 0 radical (unpaired) electrons. The second-order valence-corrected chi connectivity index (χ2v) is 5.13. The summed E-state index contributed by atoms with van der Waals surface area (Å²) in [7, 11) is 0. The van der Waals surface area contributed by atoms with Gasteiger partial charge in [-0.15, -0.1) is 0 Å². The molecule has 1 saturated heterocycles. The molecular formula is C13H18N2O6. The molecule has 5 unspecified atom stereocenters. The molecule has 5 atom stereocenters. The number of aryl methyl sites for hydroxylation is 1. The Morgan fingerprint density at radius 1 is 1.24 bits per heavy atom. The second-order valence-electron chi connectivity index (χ2n) is 5.13. The summed E-state index contributed by atoms with van der Waals surface area (Å²) in [5.41, 5.74) is 1.05. The zero-order valence-electron chi connectivity index (χ0n) is 11.6. The fourth-order valence-corrected chi connectivity index (χ4v) is 2.20. The van der Waals surface area contributed by atoms with Gasteiger partial charge in [-0.3, -0.25) is 10.1 Å². The third-order valence-electron chi connectivity index (χ3n) is 3.58. The molecule has 1 aliphatic heterocycles. The Morgan fingerprint density at radius 2 is 1.90 bits per heavy atom. The van der Waals surface area contributed by atoms with Crippen molar-refractivity contribution < 1.29 is 25.0 Å². The van der Waals surface area contributed by atoms with Crippen molar-refractivity contribution in [2.75, 3.05) is 5.32 Å². The van der Waals surface area contributed by atoms with Crippen LogP contribution in [-0.4, -0.2) is 50.9 Å². The number of ether oxygens (including phenoxy) is 1. The molecule has 1 fully saturated rings. The number of nitrogens with one attached hydrogen (secondary N) is 1. The van der Waals surface area contributed by atoms with Gasteiger partial charge in [-0.25, -0.2) is 0 Å². The summed E-state index contributed by atoms with van der Waals surface area (Å²) in [5, 5.41) is 42.9. The van der Waals surface area contributed by atoms with E-state index < -0.39 is 35.6 Å². The van der Waals surface area contributed by atoms with Gasteiger partial charge in [0.15, 0.2) is 6.23 Å². The monoisotopic (exact) mass is 298 g/mol. The van der Waals surface area contributed by atoms with Gasteiger partial charge in [0.05, 0.1) is 11.0 Å². The molecule has 0 amide bonds. The van der Waals surface area contributed by atoms with E-state index in [0.717, 1.165) is 5.56 Å². The fourth-order valence-electron chi connectivity index (χ4n) is 2.20. The van der Waals surface area contributed by atoms with Crippen LogP contribution in [-0.2, 0) is 4.74 Å². The highest BCUT2D eigenvalue weighted by Crippen LogP contribution is 2.26. The Morgan fingerprint density at radius 3 is 2.52 bits per heavy atom. The van der Waals surface area contributed by atoms with Gasteiger partial charge in [0.2, 0.25) is 0 Å². The lowest BCUT2D eigenvalue weighted by Crippen LogP contribution is -2.58. The van der Waals surface area contributed by atoms with Crippen LogP contribution in [0.5, 0.6) is 0 Å². The summed E-state index contributed by atoms with van der Waals surface area (Å²) in [6.07, 6.45) is -5.55. The summed E-state index contributed by atoms with van der Waals surface area (Å²) in [6.45, 7) is 3.31. The number of hydrogen-bond donors (Lipinski definition) is 4. The van der Waals surface area contributed by atoms with E-state index in [-0.39, 0.29) is 5.69 Å². The van der Waals surface area contributed by atoms with Crippen LogP contribution in [0.1, 0.15) is 12.5 Å². The van der Waals surface area contributed by atoms with Crippen LogP contribution in [0.15, 0.2) is 18.2 Å². The smallest absolute Gasteiger partial charge is 0.271 e. The number of hydrogen-bond acceptors (Lipinski definition) is 7. The van der Waals surface area contributed by atoms with Crippen molar-refractivity contribution in [1.29, 1.82) is 0 Å². The number of nitrogens with zero attached hydrogens (tertiary/aromatic N) is 1. The van der Waals surface area contributed by atoms with Crippen LogP contribution in [0, 0.1) is 17.0 Å². The highest BCUT2D eigenvalue weighted by molar-refractivity contribution is 5.57. The number of nitro benzene ring substituents is 1. The molecule has 1 aromatic rings. The van der Waals surface area contributed by atoms with Gasteiger partial charge in [0.25, 0.3) is 5.69 Å². The molecule has 0 aliphatic carbocycles. The number of nitro groups is 1. The summed E-state index contributed by atoms with van der Waals surface area (Å²) in [6, 6.07) is 4.28. The maximum Gasteiger partial charge on any atom is 0.271 e. The van der Waals surface area contributed by atoms with Crippen LogP contribution >= 0.6 is 0 Å². The number of anilines is 1. The lowest BCUT2D eigenvalue weighted by atomic mass is 9.99. The molecule has 116 valence electrons. The molecule has 1 aliphatic rings. The minimum absolute atomic E-state index is 0.0953. The van der Waals surface area contributed by atoms with E-state index in [1.54, 1.807) is 19.9 Å². The molecular weight excluding hydrogens is 280 g/mol. The Kier molecular flexibility index (Phi) is 4.43. The van der Waals surface area contributed by atoms with E-state index in [1.807, 2.05) is 0 Å². The topological polar surface area (TPSA) is 125 Å². The van der Waals surface area contributed by atoms with E-state index in [0.29, 0.717) is 5.69 Å². The minimum atomic E-state index is -1.36. The molecule has 2 rings (SSSR count). The van der Waals surface area contributed by atoms with Gasteiger partial charge in [0, 0.05) is 17.8 Å². The zero-order chi connectivity index (χ0) is 15.7. The predicted molar refractivity (Wildman–Crippen MR) is 73.8 cm³/mol. The van der Waals surface area contributed by atoms with E-state index in [4.69, 9.17) is 4.74 Å². The van der Waals surface area contributed by atoms with Gasteiger partial charge in [-0.1, -0.05) is 6.07 Å². The van der Waals surface area contributed by atoms with Crippen molar-refractivity contribution in [3.8, 4) is 0 Å². The molecule has 8 nitrogen and oxygen atoms in total. The quantitative estimate of drug-likeness (QED) is 0.462. The van der Waals surface area contributed by atoms with E-state index in [1.165, 1.54) is 12.1 Å². The molecule has 0 aromatic heterocycles. The maximum atomic E-state index is 10.8. The SMILES string of the molecule is Cc1ccc([N+](=O)[O-])cc1NC1OC(C)C(O)C(O)C1O. The first-order valence-electron chi connectivity index (χ1n) is 6.52. The summed E-state index contributed by atoms with van der Waals surface area (Å²) < 4.78 is 5.40. The second kappa shape index (κ2) is 5.94. The third-order valence-corrected chi connectivity index (χ3v) is 3.58. The Bertz CT molecular complexity index is 537. The standard InChI is InChI=1S/C13H18N2O6/c1-6-3-4-8(15(19)20)5-9(6)14-13-12(18)11(17)10(16)7(2)21-13/h3-5,7,10-14,16-18H,1-2H3. The maximum absolute atomic E-state index is 10.8. The Labute approximate surface area is 121 Å². The molecule has 1 aromatic carbocycles. The molecule has 0 spiro atoms. The van der Waals surface area contributed by atoms with Gasteiger partial charge in [-0.05, 0) is 19.4 Å². The van der Waals surface area contributed by atoms with Crippen LogP contribution in [0.25, 0.3) is 0 Å². The Hall–Kier alpha value is -1.74. The predicted octanol–water partition coefficient (Wildman–Crippen LogP) is 0.143. The number of aliphatic hydroxyl groups is 3. The lowest BCUT2D eigenvalue weighted by molar-refractivity contribution is -0.384. The molecule has 0 bridgehead atoms. The summed E-state index contributed by atoms with van der Waals surface area (Å²) in [4.78, 5) is 10.3. The first-order valence-corrected chi connectivity index (χ1v) is 6.52. The lowest BCUT2D eigenvalue weighted by Gasteiger charge is -2.40. The zero-order valence-corrected chi connectivity index (χ0v) is 11.6. The number of rotatable bonds is 3. The molecule has 0 saturated carbocycles.